The molecule has 0 unspecified atom stereocenters. The third kappa shape index (κ3) is 5.99. The highest BCUT2D eigenvalue weighted by molar-refractivity contribution is 5.96. The van der Waals surface area contributed by atoms with Crippen LogP contribution in [0.4, 0.5) is 8.78 Å². The van der Waals surface area contributed by atoms with Crippen LogP contribution < -0.4 is 15.8 Å². The molecule has 2 rings (SSSR count). The minimum absolute atomic E-state index is 0. The van der Waals surface area contributed by atoms with Gasteiger partial charge in [0.2, 0.25) is 0 Å². The van der Waals surface area contributed by atoms with E-state index in [-0.39, 0.29) is 24.6 Å². The second kappa shape index (κ2) is 9.34. The van der Waals surface area contributed by atoms with Crippen molar-refractivity contribution in [3.63, 3.8) is 0 Å². The van der Waals surface area contributed by atoms with Crippen LogP contribution >= 0.6 is 12.4 Å². The van der Waals surface area contributed by atoms with Crippen LogP contribution in [0.25, 0.3) is 0 Å². The lowest BCUT2D eigenvalue weighted by molar-refractivity contribution is 0.0118. The van der Waals surface area contributed by atoms with Gasteiger partial charge < -0.3 is 15.8 Å². The molecule has 0 spiro atoms. The molecule has 25 heavy (non-hydrogen) atoms. The zero-order valence-electron chi connectivity index (χ0n) is 13.8. The van der Waals surface area contributed by atoms with E-state index >= 15 is 0 Å². The van der Waals surface area contributed by atoms with E-state index in [0.29, 0.717) is 5.75 Å². The number of halogens is 3. The second-order valence-corrected chi connectivity index (χ2v) is 5.45. The van der Waals surface area contributed by atoms with Gasteiger partial charge in [0, 0.05) is 0 Å². The van der Waals surface area contributed by atoms with Gasteiger partial charge in [-0.1, -0.05) is 36.4 Å². The Morgan fingerprint density at radius 1 is 1.16 bits per heavy atom. The van der Waals surface area contributed by atoms with Crippen molar-refractivity contribution in [1.29, 1.82) is 0 Å². The molecular formula is C18H21ClF2N2O2. The normalized spacial score (nSPS) is 10.7. The van der Waals surface area contributed by atoms with Crippen LogP contribution in [0.2, 0.25) is 0 Å². The Labute approximate surface area is 151 Å². The summed E-state index contributed by atoms with van der Waals surface area (Å²) in [6.45, 7) is 0.620. The summed E-state index contributed by atoms with van der Waals surface area (Å²) in [6, 6.07) is 14.3. The average Bonchev–Trinajstić information content (AvgIpc) is 2.59. The van der Waals surface area contributed by atoms with Gasteiger partial charge in [-0.15, -0.1) is 12.4 Å². The fourth-order valence-electron chi connectivity index (χ4n) is 2.08. The van der Waals surface area contributed by atoms with Gasteiger partial charge >= 0.3 is 0 Å². The number of carbonyl (C=O) groups is 1. The van der Waals surface area contributed by atoms with Crippen LogP contribution in [0.15, 0.2) is 48.5 Å². The first-order valence-electron chi connectivity index (χ1n) is 7.55. The van der Waals surface area contributed by atoms with Gasteiger partial charge in [0.25, 0.3) is 11.8 Å². The Hall–Kier alpha value is -2.18. The van der Waals surface area contributed by atoms with Gasteiger partial charge in [0.15, 0.2) is 0 Å². The van der Waals surface area contributed by atoms with Gasteiger partial charge in [0.05, 0.1) is 18.7 Å². The molecular weight excluding hydrogens is 350 g/mol. The first-order valence-corrected chi connectivity index (χ1v) is 7.55. The third-order valence-corrected chi connectivity index (χ3v) is 3.58. The molecule has 0 bridgehead atoms. The maximum atomic E-state index is 13.2. The highest BCUT2D eigenvalue weighted by Crippen LogP contribution is 2.20. The molecule has 0 aliphatic rings. The predicted octanol–water partition coefficient (Wildman–Crippen LogP) is 3.32. The van der Waals surface area contributed by atoms with Crippen LogP contribution in [-0.2, 0) is 6.61 Å². The number of amides is 1. The number of rotatable bonds is 7. The van der Waals surface area contributed by atoms with Crippen LogP contribution in [0.3, 0.4) is 0 Å². The van der Waals surface area contributed by atoms with Crippen molar-refractivity contribution < 1.29 is 18.3 Å². The quantitative estimate of drug-likeness (QED) is 0.785. The summed E-state index contributed by atoms with van der Waals surface area (Å²) >= 11 is 0. The largest absolute Gasteiger partial charge is 0.488 e. The lowest BCUT2D eigenvalue weighted by Gasteiger charge is -2.16. The summed E-state index contributed by atoms with van der Waals surface area (Å²) in [5.41, 5.74) is 7.23. The molecule has 0 aliphatic carbocycles. The van der Waals surface area contributed by atoms with Crippen LogP contribution in [-0.4, -0.2) is 24.9 Å². The van der Waals surface area contributed by atoms with Crippen LogP contribution in [0.1, 0.15) is 21.5 Å². The first-order chi connectivity index (χ1) is 11.4. The summed E-state index contributed by atoms with van der Waals surface area (Å²) < 4.78 is 32.1. The van der Waals surface area contributed by atoms with Gasteiger partial charge in [-0.3, -0.25) is 4.79 Å². The molecule has 2 aromatic rings. The fraction of sp³-hybridized carbons (Fsp3) is 0.278. The molecule has 3 N–H and O–H groups in total. The predicted molar refractivity (Wildman–Crippen MR) is 95.5 cm³/mol. The van der Waals surface area contributed by atoms with E-state index in [1.54, 1.807) is 18.2 Å². The smallest absolute Gasteiger partial charge is 0.277 e. The molecule has 2 aromatic carbocycles. The van der Waals surface area contributed by atoms with E-state index in [2.05, 4.69) is 5.32 Å². The van der Waals surface area contributed by atoms with Crippen molar-refractivity contribution >= 4 is 18.3 Å². The van der Waals surface area contributed by atoms with Crippen LogP contribution in [0, 0.1) is 6.92 Å². The summed E-state index contributed by atoms with van der Waals surface area (Å²) in [5, 5.41) is 2.19. The number of aryl methyl sites for hydroxylation is 1. The van der Waals surface area contributed by atoms with Gasteiger partial charge in [-0.05, 0) is 30.2 Å². The van der Waals surface area contributed by atoms with Gasteiger partial charge in [0.1, 0.15) is 12.4 Å². The van der Waals surface area contributed by atoms with Crippen molar-refractivity contribution in [3.05, 3.63) is 65.2 Å². The Morgan fingerprint density at radius 3 is 2.48 bits per heavy atom. The zero-order chi connectivity index (χ0) is 17.6. The van der Waals surface area contributed by atoms with Crippen molar-refractivity contribution in [2.45, 2.75) is 19.5 Å². The second-order valence-electron chi connectivity index (χ2n) is 5.45. The minimum Gasteiger partial charge on any atom is -0.488 e. The van der Waals surface area contributed by atoms with Crippen molar-refractivity contribution in [2.24, 2.45) is 5.73 Å². The topological polar surface area (TPSA) is 64.3 Å². The van der Waals surface area contributed by atoms with E-state index in [1.807, 2.05) is 31.2 Å². The highest BCUT2D eigenvalue weighted by Gasteiger charge is 2.27. The monoisotopic (exact) mass is 370 g/mol. The van der Waals surface area contributed by atoms with Crippen LogP contribution in [0.5, 0.6) is 5.75 Å². The minimum atomic E-state index is -3.13. The van der Waals surface area contributed by atoms with Crippen molar-refractivity contribution in [2.75, 3.05) is 13.1 Å². The number of nitrogens with one attached hydrogen (secondary N) is 1. The Balaban J connectivity index is 0.00000312. The summed E-state index contributed by atoms with van der Waals surface area (Å²) in [5.74, 6) is -3.41. The maximum Gasteiger partial charge on any atom is 0.277 e. The van der Waals surface area contributed by atoms with Gasteiger partial charge in [-0.25, -0.2) is 8.78 Å². The molecule has 136 valence electrons. The Kier molecular flexibility index (Phi) is 7.80. The molecule has 0 atom stereocenters. The number of nitrogens with two attached hydrogens (primary N) is 1. The molecule has 0 radical (unpaired) electrons. The lowest BCUT2D eigenvalue weighted by Crippen LogP contribution is -2.41. The molecule has 7 heteroatoms. The van der Waals surface area contributed by atoms with E-state index < -0.39 is 24.9 Å². The zero-order valence-corrected chi connectivity index (χ0v) is 14.6. The molecule has 0 saturated heterocycles. The third-order valence-electron chi connectivity index (χ3n) is 3.58. The number of ether oxygens (including phenoxy) is 1. The molecule has 0 fully saturated rings. The van der Waals surface area contributed by atoms with E-state index in [0.717, 1.165) is 11.1 Å². The SMILES string of the molecule is Cc1ccccc1COc1ccccc1C(=O)NCC(F)(F)CN.Cl. The summed E-state index contributed by atoms with van der Waals surface area (Å²) in [4.78, 5) is 12.1. The molecule has 0 aromatic heterocycles. The number of carbonyl (C=O) groups excluding carboxylic acids is 1. The van der Waals surface area contributed by atoms with E-state index in [9.17, 15) is 13.6 Å². The molecule has 1 amide bonds. The highest BCUT2D eigenvalue weighted by atomic mass is 35.5. The van der Waals surface area contributed by atoms with E-state index in [4.69, 9.17) is 10.5 Å². The van der Waals surface area contributed by atoms with Crippen molar-refractivity contribution in [1.82, 2.24) is 5.32 Å². The van der Waals surface area contributed by atoms with E-state index in [1.165, 1.54) is 6.07 Å². The molecule has 0 heterocycles. The Morgan fingerprint density at radius 2 is 1.80 bits per heavy atom. The molecule has 0 aliphatic heterocycles. The van der Waals surface area contributed by atoms with Gasteiger partial charge in [-0.2, -0.15) is 0 Å². The number of alkyl halides is 2. The number of hydrogen-bond donors (Lipinski definition) is 2. The maximum absolute atomic E-state index is 13.2. The number of benzene rings is 2. The number of hydrogen-bond acceptors (Lipinski definition) is 3. The average molecular weight is 371 g/mol. The number of para-hydroxylation sites is 1. The summed E-state index contributed by atoms with van der Waals surface area (Å²) in [6.07, 6.45) is 0. The fourth-order valence-corrected chi connectivity index (χ4v) is 2.08. The van der Waals surface area contributed by atoms with Crippen molar-refractivity contribution in [3.8, 4) is 5.75 Å². The first kappa shape index (κ1) is 20.9. The molecule has 0 saturated carbocycles. The standard InChI is InChI=1S/C18H20F2N2O2.ClH/c1-13-6-2-3-7-14(13)10-24-16-9-5-4-8-15(16)17(23)22-12-18(19,20)11-21;/h2-9H,10-12,21H2,1H3,(H,22,23);1H. The molecule has 4 nitrogen and oxygen atoms in total. The summed E-state index contributed by atoms with van der Waals surface area (Å²) in [7, 11) is 0. The lowest BCUT2D eigenvalue weighted by atomic mass is 10.1. The Bertz CT molecular complexity index is 711.